The van der Waals surface area contributed by atoms with Gasteiger partial charge in [-0.25, -0.2) is 9.67 Å². The Morgan fingerprint density at radius 3 is 2.57 bits per heavy atom. The third kappa shape index (κ3) is 3.25. The molecule has 0 atom stereocenters. The maximum Gasteiger partial charge on any atom is 0.225 e. The van der Waals surface area contributed by atoms with Gasteiger partial charge in [0.15, 0.2) is 17.3 Å². The molecule has 0 saturated carbocycles. The second kappa shape index (κ2) is 5.99. The Kier molecular flexibility index (Phi) is 3.88. The molecule has 8 heteroatoms. The molecule has 0 radical (unpaired) electrons. The number of primary amides is 1. The first-order valence-corrected chi connectivity index (χ1v) is 7.18. The number of amides is 1. The van der Waals surface area contributed by atoms with Crippen LogP contribution in [0.4, 0.5) is 0 Å². The molecule has 0 saturated heterocycles. The standard InChI is InChI=1S/C15H17N7O/c1-9-3-5-11(6-4-9)8-22-15(14-10(2)18-21-19-14)17-13(20-22)7-12(16)23/h3-6H,7-8H2,1-2H3,(H2,16,23)(H,18,19,21). The highest BCUT2D eigenvalue weighted by atomic mass is 16.1. The fourth-order valence-corrected chi connectivity index (χ4v) is 2.27. The molecule has 8 nitrogen and oxygen atoms in total. The van der Waals surface area contributed by atoms with E-state index in [-0.39, 0.29) is 6.42 Å². The number of nitrogens with two attached hydrogens (primary N) is 1. The van der Waals surface area contributed by atoms with Crippen LogP contribution in [0.3, 0.4) is 0 Å². The first-order valence-electron chi connectivity index (χ1n) is 7.18. The zero-order chi connectivity index (χ0) is 16.4. The van der Waals surface area contributed by atoms with Crippen molar-refractivity contribution in [3.8, 4) is 11.5 Å². The predicted octanol–water partition coefficient (Wildman–Crippen LogP) is 0.756. The van der Waals surface area contributed by atoms with Gasteiger partial charge in [0.1, 0.15) is 0 Å². The van der Waals surface area contributed by atoms with Crippen LogP contribution in [0, 0.1) is 13.8 Å². The molecule has 23 heavy (non-hydrogen) atoms. The van der Waals surface area contributed by atoms with Crippen LogP contribution in [-0.4, -0.2) is 36.1 Å². The van der Waals surface area contributed by atoms with Crippen molar-refractivity contribution >= 4 is 5.91 Å². The quantitative estimate of drug-likeness (QED) is 0.721. The molecule has 0 aliphatic carbocycles. The minimum atomic E-state index is -0.471. The van der Waals surface area contributed by atoms with Crippen molar-refractivity contribution in [1.29, 1.82) is 0 Å². The van der Waals surface area contributed by atoms with Gasteiger partial charge in [-0.05, 0) is 19.4 Å². The average Bonchev–Trinajstić information content (AvgIpc) is 3.07. The summed E-state index contributed by atoms with van der Waals surface area (Å²) in [4.78, 5) is 15.5. The highest BCUT2D eigenvalue weighted by molar-refractivity contribution is 5.75. The van der Waals surface area contributed by atoms with Gasteiger partial charge in [0, 0.05) is 0 Å². The molecule has 118 valence electrons. The van der Waals surface area contributed by atoms with E-state index in [1.807, 2.05) is 38.1 Å². The lowest BCUT2D eigenvalue weighted by molar-refractivity contribution is -0.117. The number of hydrogen-bond acceptors (Lipinski definition) is 5. The number of nitrogens with zero attached hydrogens (tertiary/aromatic N) is 5. The number of carbonyl (C=O) groups excluding carboxylic acids is 1. The summed E-state index contributed by atoms with van der Waals surface area (Å²) in [7, 11) is 0. The number of carbonyl (C=O) groups is 1. The van der Waals surface area contributed by atoms with Gasteiger partial charge in [-0.1, -0.05) is 29.8 Å². The molecule has 0 bridgehead atoms. The van der Waals surface area contributed by atoms with E-state index in [9.17, 15) is 4.79 Å². The van der Waals surface area contributed by atoms with Gasteiger partial charge in [-0.15, -0.1) is 0 Å². The summed E-state index contributed by atoms with van der Waals surface area (Å²) >= 11 is 0. The third-order valence-electron chi connectivity index (χ3n) is 3.43. The lowest BCUT2D eigenvalue weighted by Crippen LogP contribution is -2.15. The number of H-pyrrole nitrogens is 1. The molecule has 1 amide bonds. The van der Waals surface area contributed by atoms with Crippen LogP contribution in [0.25, 0.3) is 11.5 Å². The third-order valence-corrected chi connectivity index (χ3v) is 3.43. The van der Waals surface area contributed by atoms with E-state index >= 15 is 0 Å². The summed E-state index contributed by atoms with van der Waals surface area (Å²) in [6.07, 6.45) is -0.00913. The van der Waals surface area contributed by atoms with Crippen molar-refractivity contribution < 1.29 is 4.79 Å². The molecule has 0 aliphatic heterocycles. The fraction of sp³-hybridized carbons (Fsp3) is 0.267. The van der Waals surface area contributed by atoms with Crippen molar-refractivity contribution in [2.24, 2.45) is 5.73 Å². The molecular weight excluding hydrogens is 294 g/mol. The molecule has 3 rings (SSSR count). The second-order valence-corrected chi connectivity index (χ2v) is 5.40. The Hall–Kier alpha value is -3.03. The number of benzene rings is 1. The molecule has 0 spiro atoms. The minimum Gasteiger partial charge on any atom is -0.369 e. The van der Waals surface area contributed by atoms with Gasteiger partial charge >= 0.3 is 0 Å². The first kappa shape index (κ1) is 14.9. The highest BCUT2D eigenvalue weighted by Gasteiger charge is 2.18. The smallest absolute Gasteiger partial charge is 0.225 e. The Bertz CT molecular complexity index is 832. The van der Waals surface area contributed by atoms with Crippen molar-refractivity contribution in [3.05, 3.63) is 46.9 Å². The van der Waals surface area contributed by atoms with Crippen LogP contribution in [0.5, 0.6) is 0 Å². The largest absolute Gasteiger partial charge is 0.369 e. The van der Waals surface area contributed by atoms with Gasteiger partial charge in [-0.3, -0.25) is 4.79 Å². The Balaban J connectivity index is 1.99. The molecule has 0 aliphatic rings. The molecule has 2 aromatic heterocycles. The second-order valence-electron chi connectivity index (χ2n) is 5.40. The van der Waals surface area contributed by atoms with Crippen LogP contribution in [0.15, 0.2) is 24.3 Å². The van der Waals surface area contributed by atoms with E-state index < -0.39 is 5.91 Å². The van der Waals surface area contributed by atoms with Crippen molar-refractivity contribution in [3.63, 3.8) is 0 Å². The van der Waals surface area contributed by atoms with Crippen LogP contribution in [0.1, 0.15) is 22.6 Å². The van der Waals surface area contributed by atoms with Gasteiger partial charge in [0.25, 0.3) is 0 Å². The number of rotatable bonds is 5. The molecule has 2 heterocycles. The summed E-state index contributed by atoms with van der Waals surface area (Å²) in [5, 5.41) is 15.1. The predicted molar refractivity (Wildman–Crippen MR) is 83.3 cm³/mol. The van der Waals surface area contributed by atoms with Crippen LogP contribution >= 0.6 is 0 Å². The topological polar surface area (TPSA) is 115 Å². The maximum absolute atomic E-state index is 11.1. The van der Waals surface area contributed by atoms with E-state index in [4.69, 9.17) is 5.73 Å². The van der Waals surface area contributed by atoms with E-state index in [1.54, 1.807) is 4.68 Å². The van der Waals surface area contributed by atoms with Crippen molar-refractivity contribution in [2.45, 2.75) is 26.8 Å². The zero-order valence-electron chi connectivity index (χ0n) is 12.9. The summed E-state index contributed by atoms with van der Waals surface area (Å²) < 4.78 is 1.72. The molecule has 3 N–H and O–H groups in total. The fourth-order valence-electron chi connectivity index (χ4n) is 2.27. The Morgan fingerprint density at radius 1 is 1.22 bits per heavy atom. The number of aromatic nitrogens is 6. The summed E-state index contributed by atoms with van der Waals surface area (Å²) in [6.45, 7) is 4.39. The molecular formula is C15H17N7O. The number of aryl methyl sites for hydroxylation is 2. The van der Waals surface area contributed by atoms with Crippen LogP contribution in [-0.2, 0) is 17.8 Å². The van der Waals surface area contributed by atoms with Crippen molar-refractivity contribution in [1.82, 2.24) is 30.2 Å². The number of aromatic amines is 1. The Labute approximate surface area is 132 Å². The van der Waals surface area contributed by atoms with Gasteiger partial charge in [-0.2, -0.15) is 20.5 Å². The highest BCUT2D eigenvalue weighted by Crippen LogP contribution is 2.18. The summed E-state index contributed by atoms with van der Waals surface area (Å²) in [5.74, 6) is 0.469. The summed E-state index contributed by atoms with van der Waals surface area (Å²) in [5.41, 5.74) is 8.83. The molecule has 3 aromatic rings. The van der Waals surface area contributed by atoms with Gasteiger partial charge < -0.3 is 5.73 Å². The molecule has 0 unspecified atom stereocenters. The zero-order valence-corrected chi connectivity index (χ0v) is 12.9. The van der Waals surface area contributed by atoms with Gasteiger partial charge in [0.05, 0.1) is 18.7 Å². The number of hydrogen-bond donors (Lipinski definition) is 2. The van der Waals surface area contributed by atoms with Crippen LogP contribution < -0.4 is 5.73 Å². The van der Waals surface area contributed by atoms with Gasteiger partial charge in [0.2, 0.25) is 5.91 Å². The van der Waals surface area contributed by atoms with E-state index in [2.05, 4.69) is 25.5 Å². The minimum absolute atomic E-state index is 0.00913. The van der Waals surface area contributed by atoms with E-state index in [0.29, 0.717) is 29.6 Å². The molecule has 0 fully saturated rings. The lowest BCUT2D eigenvalue weighted by Gasteiger charge is -2.05. The lowest BCUT2D eigenvalue weighted by atomic mass is 10.1. The Morgan fingerprint density at radius 2 is 1.96 bits per heavy atom. The van der Waals surface area contributed by atoms with Crippen molar-refractivity contribution in [2.75, 3.05) is 0 Å². The summed E-state index contributed by atoms with van der Waals surface area (Å²) in [6, 6.07) is 8.14. The normalized spacial score (nSPS) is 10.9. The SMILES string of the molecule is Cc1ccc(Cn2nc(CC(N)=O)nc2-c2n[nH]nc2C)cc1. The van der Waals surface area contributed by atoms with E-state index in [1.165, 1.54) is 5.56 Å². The monoisotopic (exact) mass is 311 g/mol. The first-order chi connectivity index (χ1) is 11.0. The number of nitrogens with one attached hydrogen (secondary N) is 1. The van der Waals surface area contributed by atoms with Crippen LogP contribution in [0.2, 0.25) is 0 Å². The maximum atomic E-state index is 11.1. The average molecular weight is 311 g/mol. The van der Waals surface area contributed by atoms with E-state index in [0.717, 1.165) is 5.56 Å². The molecule has 1 aromatic carbocycles.